The molecule has 0 aromatic rings. The minimum atomic E-state index is 0.107. The van der Waals surface area contributed by atoms with Gasteiger partial charge >= 0.3 is 0 Å². The molecule has 1 spiro atoms. The normalized spacial score (nSPS) is 46.1. The van der Waals surface area contributed by atoms with Crippen LogP contribution in [-0.4, -0.2) is 25.2 Å². The first-order valence-electron chi connectivity index (χ1n) is 5.98. The van der Waals surface area contributed by atoms with Crippen molar-refractivity contribution in [1.82, 2.24) is 4.81 Å². The maximum Gasteiger partial charge on any atom is 0.240 e. The maximum absolute atomic E-state index is 12.2. The second-order valence-corrected chi connectivity index (χ2v) is 5.57. The van der Waals surface area contributed by atoms with Crippen molar-refractivity contribution >= 4 is 13.3 Å². The molecule has 0 aromatic heterocycles. The van der Waals surface area contributed by atoms with Crippen molar-refractivity contribution in [2.75, 3.05) is 7.05 Å². The molecular formula is C11H18BNO. The molecule has 1 saturated heterocycles. The second-order valence-electron chi connectivity index (χ2n) is 5.57. The van der Waals surface area contributed by atoms with E-state index in [1.165, 1.54) is 32.1 Å². The summed E-state index contributed by atoms with van der Waals surface area (Å²) in [5, 5.41) is 0. The molecule has 14 heavy (non-hydrogen) atoms. The molecule has 3 heteroatoms. The quantitative estimate of drug-likeness (QED) is 0.530. The van der Waals surface area contributed by atoms with Crippen LogP contribution in [0.2, 0.25) is 6.32 Å². The summed E-state index contributed by atoms with van der Waals surface area (Å²) in [6.07, 6.45) is 7.77. The summed E-state index contributed by atoms with van der Waals surface area (Å²) >= 11 is 0. The maximum atomic E-state index is 12.2. The van der Waals surface area contributed by atoms with E-state index in [1.807, 2.05) is 11.9 Å². The number of rotatable bonds is 0. The molecule has 0 N–H and O–H groups in total. The van der Waals surface area contributed by atoms with Crippen molar-refractivity contribution in [2.24, 2.45) is 17.3 Å². The van der Waals surface area contributed by atoms with Gasteiger partial charge in [-0.25, -0.2) is 0 Å². The molecule has 2 aliphatic carbocycles. The molecule has 3 rings (SSSR count). The molecule has 76 valence electrons. The molecule has 3 fully saturated rings. The lowest BCUT2D eigenvalue weighted by Crippen LogP contribution is -2.35. The van der Waals surface area contributed by atoms with Crippen LogP contribution in [0.25, 0.3) is 0 Å². The van der Waals surface area contributed by atoms with Gasteiger partial charge in [-0.3, -0.25) is 4.79 Å². The van der Waals surface area contributed by atoms with Gasteiger partial charge in [0.05, 0.1) is 0 Å². The zero-order valence-electron chi connectivity index (χ0n) is 8.96. The average molecular weight is 191 g/mol. The van der Waals surface area contributed by atoms with Crippen molar-refractivity contribution < 1.29 is 4.79 Å². The molecule has 3 aliphatic rings. The third-order valence-corrected chi connectivity index (χ3v) is 4.88. The van der Waals surface area contributed by atoms with Crippen molar-refractivity contribution in [2.45, 2.75) is 38.4 Å². The Morgan fingerprint density at radius 3 is 3.00 bits per heavy atom. The minimum absolute atomic E-state index is 0.107. The molecule has 1 heterocycles. The van der Waals surface area contributed by atoms with Gasteiger partial charge in [0.25, 0.3) is 0 Å². The fourth-order valence-corrected chi connectivity index (χ4v) is 4.18. The van der Waals surface area contributed by atoms with Crippen LogP contribution >= 0.6 is 0 Å². The molecule has 0 aromatic carbocycles. The van der Waals surface area contributed by atoms with Gasteiger partial charge in [-0.15, -0.1) is 0 Å². The fraction of sp³-hybridized carbons (Fsp3) is 0.909. The number of carbonyl (C=O) groups is 1. The predicted molar refractivity (Wildman–Crippen MR) is 57.2 cm³/mol. The van der Waals surface area contributed by atoms with E-state index in [1.54, 1.807) is 0 Å². The van der Waals surface area contributed by atoms with Crippen molar-refractivity contribution in [3.05, 3.63) is 0 Å². The van der Waals surface area contributed by atoms with Gasteiger partial charge in [0.1, 0.15) is 0 Å². The number of hydrogen-bond donors (Lipinski definition) is 0. The number of fused-ring (bicyclic) bond motifs is 3. The number of amides is 1. The van der Waals surface area contributed by atoms with Crippen LogP contribution in [0.1, 0.15) is 32.1 Å². The Bertz CT molecular complexity index is 280. The molecule has 1 aliphatic heterocycles. The van der Waals surface area contributed by atoms with Gasteiger partial charge in [0.2, 0.25) is 13.3 Å². The molecule has 0 radical (unpaired) electrons. The van der Waals surface area contributed by atoms with Crippen LogP contribution in [0.3, 0.4) is 0 Å². The summed E-state index contributed by atoms with van der Waals surface area (Å²) in [6.45, 7) is 0. The lowest BCUT2D eigenvalue weighted by Gasteiger charge is -2.29. The molecule has 2 saturated carbocycles. The van der Waals surface area contributed by atoms with Crippen LogP contribution in [0.4, 0.5) is 0 Å². The van der Waals surface area contributed by atoms with Gasteiger partial charge < -0.3 is 4.81 Å². The van der Waals surface area contributed by atoms with E-state index in [4.69, 9.17) is 0 Å². The Morgan fingerprint density at radius 1 is 1.50 bits per heavy atom. The van der Waals surface area contributed by atoms with Gasteiger partial charge in [-0.2, -0.15) is 0 Å². The third-order valence-electron chi connectivity index (χ3n) is 4.88. The highest BCUT2D eigenvalue weighted by Crippen LogP contribution is 2.58. The Labute approximate surface area is 86.3 Å². The second kappa shape index (κ2) is 2.77. The molecule has 3 atom stereocenters. The van der Waals surface area contributed by atoms with Crippen LogP contribution < -0.4 is 0 Å². The van der Waals surface area contributed by atoms with E-state index in [0.717, 1.165) is 25.6 Å². The van der Waals surface area contributed by atoms with E-state index in [-0.39, 0.29) is 5.41 Å². The first kappa shape index (κ1) is 8.81. The van der Waals surface area contributed by atoms with Crippen LogP contribution in [0, 0.1) is 17.3 Å². The summed E-state index contributed by atoms with van der Waals surface area (Å²) in [5.74, 6) is 2.08. The standard InChI is InChI=1S/C11H18BNO/c1-13-10(14)11(7-12-13)6-8-3-2-4-9(11)5-8/h8-9,12H,2-7H2,1H3. The lowest BCUT2D eigenvalue weighted by atomic mass is 9.68. The summed E-state index contributed by atoms with van der Waals surface area (Å²) in [5.41, 5.74) is 0.107. The fourth-order valence-electron chi connectivity index (χ4n) is 4.18. The summed E-state index contributed by atoms with van der Waals surface area (Å²) in [7, 11) is 2.97. The summed E-state index contributed by atoms with van der Waals surface area (Å²) in [4.78, 5) is 14.2. The molecular weight excluding hydrogens is 173 g/mol. The van der Waals surface area contributed by atoms with E-state index in [9.17, 15) is 4.79 Å². The Kier molecular flexibility index (Phi) is 1.74. The number of carbonyl (C=O) groups excluding carboxylic acids is 1. The van der Waals surface area contributed by atoms with Gasteiger partial charge in [-0.1, -0.05) is 12.8 Å². The first-order chi connectivity index (χ1) is 6.72. The van der Waals surface area contributed by atoms with Gasteiger partial charge in [0, 0.05) is 5.41 Å². The van der Waals surface area contributed by atoms with E-state index in [2.05, 4.69) is 0 Å². The smallest absolute Gasteiger partial charge is 0.240 e. The van der Waals surface area contributed by atoms with Crippen molar-refractivity contribution in [1.29, 1.82) is 0 Å². The average Bonchev–Trinajstić information content (AvgIpc) is 2.61. The Morgan fingerprint density at radius 2 is 2.36 bits per heavy atom. The van der Waals surface area contributed by atoms with Crippen LogP contribution in [0.5, 0.6) is 0 Å². The van der Waals surface area contributed by atoms with Crippen molar-refractivity contribution in [3.63, 3.8) is 0 Å². The van der Waals surface area contributed by atoms with E-state index >= 15 is 0 Å². The summed E-state index contributed by atoms with van der Waals surface area (Å²) in [6, 6.07) is 0. The van der Waals surface area contributed by atoms with Crippen LogP contribution in [0.15, 0.2) is 0 Å². The van der Waals surface area contributed by atoms with Crippen LogP contribution in [-0.2, 0) is 4.79 Å². The molecule has 2 bridgehead atoms. The molecule has 3 unspecified atom stereocenters. The minimum Gasteiger partial charge on any atom is -0.392 e. The number of nitrogens with zero attached hydrogens (tertiary/aromatic N) is 1. The van der Waals surface area contributed by atoms with E-state index in [0.29, 0.717) is 5.91 Å². The number of hydrogen-bond acceptors (Lipinski definition) is 1. The topological polar surface area (TPSA) is 20.3 Å². The predicted octanol–water partition coefficient (Wildman–Crippen LogP) is 1.42. The third kappa shape index (κ3) is 0.959. The highest BCUT2D eigenvalue weighted by Gasteiger charge is 2.56. The Hall–Kier alpha value is -0.465. The highest BCUT2D eigenvalue weighted by molar-refractivity contribution is 6.41. The van der Waals surface area contributed by atoms with E-state index < -0.39 is 0 Å². The largest absolute Gasteiger partial charge is 0.392 e. The molecule has 2 nitrogen and oxygen atoms in total. The SMILES string of the molecule is CN1BCC2(CC3CCCC2C3)C1=O. The van der Waals surface area contributed by atoms with Gasteiger partial charge in [-0.05, 0) is 44.5 Å². The van der Waals surface area contributed by atoms with Crippen molar-refractivity contribution in [3.8, 4) is 0 Å². The molecule has 1 amide bonds. The first-order valence-corrected chi connectivity index (χ1v) is 5.98. The zero-order valence-corrected chi connectivity index (χ0v) is 8.96. The Balaban J connectivity index is 1.93. The lowest BCUT2D eigenvalue weighted by molar-refractivity contribution is -0.135. The summed E-state index contributed by atoms with van der Waals surface area (Å²) < 4.78 is 0. The zero-order chi connectivity index (χ0) is 9.76. The monoisotopic (exact) mass is 191 g/mol. The highest BCUT2D eigenvalue weighted by atomic mass is 16.2. The van der Waals surface area contributed by atoms with Gasteiger partial charge in [0.15, 0.2) is 0 Å².